The first-order valence-electron chi connectivity index (χ1n) is 6.02. The quantitative estimate of drug-likeness (QED) is 0.797. The van der Waals surface area contributed by atoms with Crippen LogP contribution in [0.2, 0.25) is 0 Å². The summed E-state index contributed by atoms with van der Waals surface area (Å²) in [6.07, 6.45) is 3.22. The third-order valence-corrected chi connectivity index (χ3v) is 3.16. The van der Waals surface area contributed by atoms with Gasteiger partial charge in [0, 0.05) is 6.07 Å². The van der Waals surface area contributed by atoms with Crippen molar-refractivity contribution in [3.05, 3.63) is 12.4 Å². The molecule has 18 heavy (non-hydrogen) atoms. The van der Waals surface area contributed by atoms with E-state index in [4.69, 9.17) is 4.74 Å². The van der Waals surface area contributed by atoms with Crippen molar-refractivity contribution in [1.29, 1.82) is 0 Å². The van der Waals surface area contributed by atoms with Crippen molar-refractivity contribution in [3.8, 4) is 5.88 Å². The second-order valence-electron chi connectivity index (χ2n) is 4.58. The lowest BCUT2D eigenvalue weighted by atomic mass is 9.96. The maximum absolute atomic E-state index is 11.4. The Bertz CT molecular complexity index is 448. The van der Waals surface area contributed by atoms with E-state index in [0.717, 1.165) is 12.8 Å². The molecule has 6 heteroatoms. The van der Waals surface area contributed by atoms with Crippen molar-refractivity contribution in [2.75, 3.05) is 11.9 Å². The van der Waals surface area contributed by atoms with Crippen molar-refractivity contribution in [3.63, 3.8) is 0 Å². The second-order valence-corrected chi connectivity index (χ2v) is 4.58. The zero-order valence-corrected chi connectivity index (χ0v) is 10.5. The van der Waals surface area contributed by atoms with Crippen molar-refractivity contribution < 1.29 is 14.6 Å². The summed E-state index contributed by atoms with van der Waals surface area (Å²) < 4.78 is 5.26. The van der Waals surface area contributed by atoms with E-state index in [9.17, 15) is 9.90 Å². The maximum atomic E-state index is 11.4. The number of carboxylic acid groups (broad SMARTS) is 1. The van der Waals surface area contributed by atoms with Gasteiger partial charge in [-0.1, -0.05) is 0 Å². The monoisotopic (exact) mass is 251 g/mol. The molecular formula is C12H17N3O3. The molecule has 2 N–H and O–H groups in total. The number of hydrogen-bond donors (Lipinski definition) is 2. The van der Waals surface area contributed by atoms with Crippen LogP contribution in [-0.4, -0.2) is 33.2 Å². The molecule has 0 amide bonds. The molecule has 0 aromatic carbocycles. The molecule has 1 saturated carbocycles. The molecule has 1 aliphatic rings. The van der Waals surface area contributed by atoms with Crippen molar-refractivity contribution in [2.45, 2.75) is 32.2 Å². The Hall–Kier alpha value is -1.85. The lowest BCUT2D eigenvalue weighted by molar-refractivity contribution is -0.142. The van der Waals surface area contributed by atoms with Crippen molar-refractivity contribution in [2.24, 2.45) is 5.92 Å². The minimum atomic E-state index is -0.974. The number of carboxylic acids is 1. The summed E-state index contributed by atoms with van der Waals surface area (Å²) in [5.41, 5.74) is -0.974. The number of hydrogen-bond acceptors (Lipinski definition) is 5. The molecule has 98 valence electrons. The van der Waals surface area contributed by atoms with Gasteiger partial charge < -0.3 is 15.2 Å². The predicted molar refractivity (Wildman–Crippen MR) is 65.6 cm³/mol. The zero-order chi connectivity index (χ0) is 13.2. The number of aromatic nitrogens is 2. The SMILES string of the molecule is CCOc1cc(NC(C)(C(=O)O)C2CC2)ncn1. The van der Waals surface area contributed by atoms with Gasteiger partial charge in [-0.2, -0.15) is 0 Å². The number of anilines is 1. The van der Waals surface area contributed by atoms with Gasteiger partial charge in [-0.05, 0) is 32.6 Å². The van der Waals surface area contributed by atoms with Gasteiger partial charge in [0.05, 0.1) is 6.61 Å². The van der Waals surface area contributed by atoms with Crippen LogP contribution < -0.4 is 10.1 Å². The molecule has 0 saturated heterocycles. The molecule has 0 aliphatic heterocycles. The molecular weight excluding hydrogens is 234 g/mol. The highest BCUT2D eigenvalue weighted by atomic mass is 16.5. The van der Waals surface area contributed by atoms with Crippen LogP contribution in [0.25, 0.3) is 0 Å². The first kappa shape index (κ1) is 12.6. The maximum Gasteiger partial charge on any atom is 0.329 e. The summed E-state index contributed by atoms with van der Waals surface area (Å²) in [5.74, 6) is 0.214. The molecule has 1 aromatic heterocycles. The molecule has 1 unspecified atom stereocenters. The molecule has 2 rings (SSSR count). The average Bonchev–Trinajstić information content (AvgIpc) is 3.13. The third kappa shape index (κ3) is 2.52. The average molecular weight is 251 g/mol. The summed E-state index contributed by atoms with van der Waals surface area (Å²) in [5, 5.41) is 12.3. The summed E-state index contributed by atoms with van der Waals surface area (Å²) >= 11 is 0. The van der Waals surface area contributed by atoms with Crippen molar-refractivity contribution in [1.82, 2.24) is 9.97 Å². The van der Waals surface area contributed by atoms with E-state index in [1.165, 1.54) is 6.33 Å². The van der Waals surface area contributed by atoms with Gasteiger partial charge in [0.25, 0.3) is 0 Å². The lowest BCUT2D eigenvalue weighted by Crippen LogP contribution is -2.45. The van der Waals surface area contributed by atoms with Crippen LogP contribution in [0.5, 0.6) is 5.88 Å². The fourth-order valence-corrected chi connectivity index (χ4v) is 1.89. The number of nitrogens with one attached hydrogen (secondary N) is 1. The van der Waals surface area contributed by atoms with Crippen LogP contribution >= 0.6 is 0 Å². The Morgan fingerprint density at radius 1 is 1.61 bits per heavy atom. The molecule has 0 spiro atoms. The first-order valence-corrected chi connectivity index (χ1v) is 6.02. The van der Waals surface area contributed by atoms with Gasteiger partial charge in [0.15, 0.2) is 0 Å². The first-order chi connectivity index (χ1) is 8.56. The summed E-state index contributed by atoms with van der Waals surface area (Å²) in [6, 6.07) is 1.62. The predicted octanol–water partition coefficient (Wildman–Crippen LogP) is 1.54. The molecule has 1 heterocycles. The van der Waals surface area contributed by atoms with Gasteiger partial charge >= 0.3 is 5.97 Å². The molecule has 1 aromatic rings. The van der Waals surface area contributed by atoms with E-state index in [1.807, 2.05) is 6.92 Å². The van der Waals surface area contributed by atoms with E-state index in [2.05, 4.69) is 15.3 Å². The Kier molecular flexibility index (Phi) is 3.36. The van der Waals surface area contributed by atoms with E-state index >= 15 is 0 Å². The number of rotatable bonds is 6. The fourth-order valence-electron chi connectivity index (χ4n) is 1.89. The van der Waals surface area contributed by atoms with Crippen LogP contribution in [-0.2, 0) is 4.79 Å². The highest BCUT2D eigenvalue weighted by Gasteiger charge is 2.47. The van der Waals surface area contributed by atoms with Crippen LogP contribution in [0.1, 0.15) is 26.7 Å². The Labute approximate surface area is 105 Å². The fraction of sp³-hybridized carbons (Fsp3) is 0.583. The largest absolute Gasteiger partial charge is 0.480 e. The summed E-state index contributed by atoms with van der Waals surface area (Å²) in [7, 11) is 0. The van der Waals surface area contributed by atoms with Gasteiger partial charge in [0.2, 0.25) is 5.88 Å². The van der Waals surface area contributed by atoms with Gasteiger partial charge in [0.1, 0.15) is 17.7 Å². The van der Waals surface area contributed by atoms with Crippen LogP contribution in [0.4, 0.5) is 5.82 Å². The molecule has 0 bridgehead atoms. The van der Waals surface area contributed by atoms with E-state index in [-0.39, 0.29) is 5.92 Å². The Morgan fingerprint density at radius 3 is 2.89 bits per heavy atom. The smallest absolute Gasteiger partial charge is 0.329 e. The standard InChI is InChI=1S/C12H17N3O3/c1-3-18-10-6-9(13-7-14-10)15-12(2,11(16)17)8-4-5-8/h6-8H,3-5H2,1-2H3,(H,16,17)(H,13,14,15). The normalized spacial score (nSPS) is 17.9. The number of aliphatic carboxylic acids is 1. The highest BCUT2D eigenvalue weighted by molar-refractivity contribution is 5.82. The van der Waals surface area contributed by atoms with Gasteiger partial charge in [-0.15, -0.1) is 0 Å². The van der Waals surface area contributed by atoms with Crippen LogP contribution in [0.15, 0.2) is 12.4 Å². The Balaban J connectivity index is 2.16. The summed E-state index contributed by atoms with van der Waals surface area (Å²) in [6.45, 7) is 4.06. The van der Waals surface area contributed by atoms with Crippen LogP contribution in [0, 0.1) is 5.92 Å². The Morgan fingerprint density at radius 2 is 2.33 bits per heavy atom. The minimum absolute atomic E-state index is 0.153. The summed E-state index contributed by atoms with van der Waals surface area (Å²) in [4.78, 5) is 19.4. The van der Waals surface area contributed by atoms with E-state index in [1.54, 1.807) is 13.0 Å². The molecule has 1 fully saturated rings. The second kappa shape index (κ2) is 4.80. The topological polar surface area (TPSA) is 84.3 Å². The minimum Gasteiger partial charge on any atom is -0.480 e. The number of carbonyl (C=O) groups is 1. The molecule has 6 nitrogen and oxygen atoms in total. The van der Waals surface area contributed by atoms with E-state index < -0.39 is 11.5 Å². The lowest BCUT2D eigenvalue weighted by Gasteiger charge is -2.26. The van der Waals surface area contributed by atoms with Gasteiger partial charge in [-0.3, -0.25) is 0 Å². The van der Waals surface area contributed by atoms with E-state index in [0.29, 0.717) is 18.3 Å². The highest BCUT2D eigenvalue weighted by Crippen LogP contribution is 2.41. The molecule has 1 aliphatic carbocycles. The number of ether oxygens (including phenoxy) is 1. The molecule has 1 atom stereocenters. The number of nitrogens with zero attached hydrogens (tertiary/aromatic N) is 2. The van der Waals surface area contributed by atoms with Crippen LogP contribution in [0.3, 0.4) is 0 Å². The van der Waals surface area contributed by atoms with Gasteiger partial charge in [-0.25, -0.2) is 14.8 Å². The third-order valence-electron chi connectivity index (χ3n) is 3.16. The zero-order valence-electron chi connectivity index (χ0n) is 10.5. The van der Waals surface area contributed by atoms with Crippen molar-refractivity contribution >= 4 is 11.8 Å². The molecule has 0 radical (unpaired) electrons.